The quantitative estimate of drug-likeness (QED) is 0.880. The molecule has 0 spiro atoms. The Labute approximate surface area is 132 Å². The summed E-state index contributed by atoms with van der Waals surface area (Å²) in [5.41, 5.74) is 2.87. The predicted octanol–water partition coefficient (Wildman–Crippen LogP) is 2.60. The van der Waals surface area contributed by atoms with E-state index in [4.69, 9.17) is 4.84 Å². The standard InChI is InChI=1S/C16H15FN2O4/c1-22-19(14-9-5-8-13(17)11-14)16(21)18-23-15(20)10-12-6-3-2-4-7-12/h2-9,11H,10H2,1H3,(H,18,21). The molecular formula is C16H15FN2O4. The lowest BCUT2D eigenvalue weighted by molar-refractivity contribution is -0.147. The summed E-state index contributed by atoms with van der Waals surface area (Å²) in [5, 5.41) is 0.763. The summed E-state index contributed by atoms with van der Waals surface area (Å²) < 4.78 is 13.2. The van der Waals surface area contributed by atoms with Crippen LogP contribution in [0.1, 0.15) is 5.56 Å². The number of amides is 2. The fourth-order valence-electron chi connectivity index (χ4n) is 1.85. The first-order valence-electron chi connectivity index (χ1n) is 6.73. The largest absolute Gasteiger partial charge is 0.379 e. The highest BCUT2D eigenvalue weighted by atomic mass is 19.1. The molecule has 0 fully saturated rings. The van der Waals surface area contributed by atoms with Crippen LogP contribution >= 0.6 is 0 Å². The predicted molar refractivity (Wildman–Crippen MR) is 80.7 cm³/mol. The second kappa shape index (κ2) is 7.90. The summed E-state index contributed by atoms with van der Waals surface area (Å²) >= 11 is 0. The Bertz CT molecular complexity index is 679. The lowest BCUT2D eigenvalue weighted by Crippen LogP contribution is -2.40. The van der Waals surface area contributed by atoms with Gasteiger partial charge in [0, 0.05) is 6.07 Å². The molecule has 6 nitrogen and oxygen atoms in total. The number of benzene rings is 2. The van der Waals surface area contributed by atoms with E-state index >= 15 is 0 Å². The van der Waals surface area contributed by atoms with Crippen molar-refractivity contribution in [2.24, 2.45) is 0 Å². The summed E-state index contributed by atoms with van der Waals surface area (Å²) in [5.74, 6) is -1.17. The number of hydrogen-bond acceptors (Lipinski definition) is 4. The van der Waals surface area contributed by atoms with E-state index in [-0.39, 0.29) is 12.1 Å². The van der Waals surface area contributed by atoms with Gasteiger partial charge in [0.15, 0.2) is 0 Å². The van der Waals surface area contributed by atoms with Gasteiger partial charge in [-0.05, 0) is 17.7 Å². The average molecular weight is 318 g/mol. The Morgan fingerprint density at radius 3 is 2.52 bits per heavy atom. The van der Waals surface area contributed by atoms with Crippen molar-refractivity contribution in [2.75, 3.05) is 12.2 Å². The van der Waals surface area contributed by atoms with Gasteiger partial charge in [0.05, 0.1) is 19.2 Å². The summed E-state index contributed by atoms with van der Waals surface area (Å²) in [6.45, 7) is 0. The molecule has 0 radical (unpaired) electrons. The molecule has 0 heterocycles. The lowest BCUT2D eigenvalue weighted by Gasteiger charge is -2.19. The number of hydroxylamine groups is 2. The van der Waals surface area contributed by atoms with Crippen LogP contribution in [0.2, 0.25) is 0 Å². The first kappa shape index (κ1) is 16.4. The van der Waals surface area contributed by atoms with Crippen molar-refractivity contribution in [1.82, 2.24) is 5.48 Å². The lowest BCUT2D eigenvalue weighted by atomic mass is 10.2. The topological polar surface area (TPSA) is 67.9 Å². The van der Waals surface area contributed by atoms with Gasteiger partial charge in [0.2, 0.25) is 0 Å². The van der Waals surface area contributed by atoms with Crippen molar-refractivity contribution < 1.29 is 23.7 Å². The molecule has 23 heavy (non-hydrogen) atoms. The Kier molecular flexibility index (Phi) is 5.65. The minimum atomic E-state index is -0.862. The molecule has 0 unspecified atom stereocenters. The maximum atomic E-state index is 13.2. The number of hydrogen-bond donors (Lipinski definition) is 1. The molecule has 2 aromatic carbocycles. The summed E-state index contributed by atoms with van der Waals surface area (Å²) in [4.78, 5) is 33.2. The number of nitrogens with zero attached hydrogens (tertiary/aromatic N) is 1. The first-order chi connectivity index (χ1) is 11.1. The van der Waals surface area contributed by atoms with Crippen molar-refractivity contribution >= 4 is 17.7 Å². The molecule has 0 bridgehead atoms. The number of nitrogens with one attached hydrogen (secondary N) is 1. The Morgan fingerprint density at radius 1 is 1.13 bits per heavy atom. The van der Waals surface area contributed by atoms with Gasteiger partial charge in [-0.1, -0.05) is 36.4 Å². The molecule has 2 amide bonds. The smallest absolute Gasteiger partial charge is 0.339 e. The Hall–Kier alpha value is -2.93. The second-order valence-electron chi connectivity index (χ2n) is 4.50. The average Bonchev–Trinajstić information content (AvgIpc) is 2.55. The number of anilines is 1. The van der Waals surface area contributed by atoms with E-state index in [1.165, 1.54) is 25.3 Å². The summed E-state index contributed by atoms with van der Waals surface area (Å²) in [6, 6.07) is 13.3. The summed E-state index contributed by atoms with van der Waals surface area (Å²) in [6.07, 6.45) is 0.00800. The van der Waals surface area contributed by atoms with E-state index in [0.29, 0.717) is 0 Å². The molecule has 1 N–H and O–H groups in total. The number of carbonyl (C=O) groups is 2. The van der Waals surface area contributed by atoms with Crippen LogP contribution in [0.3, 0.4) is 0 Å². The highest BCUT2D eigenvalue weighted by Gasteiger charge is 2.18. The molecule has 0 atom stereocenters. The summed E-state index contributed by atoms with van der Waals surface area (Å²) in [7, 11) is 1.23. The van der Waals surface area contributed by atoms with Gasteiger partial charge >= 0.3 is 12.0 Å². The van der Waals surface area contributed by atoms with E-state index < -0.39 is 17.8 Å². The molecular weight excluding hydrogens is 303 g/mol. The van der Waals surface area contributed by atoms with Gasteiger partial charge in [0.25, 0.3) is 0 Å². The van der Waals surface area contributed by atoms with Gasteiger partial charge in [0.1, 0.15) is 5.82 Å². The van der Waals surface area contributed by atoms with Gasteiger partial charge in [-0.15, -0.1) is 0 Å². The van der Waals surface area contributed by atoms with Gasteiger partial charge in [-0.2, -0.15) is 10.5 Å². The number of carbonyl (C=O) groups excluding carboxylic acids is 2. The maximum absolute atomic E-state index is 13.2. The van der Waals surface area contributed by atoms with E-state index in [0.717, 1.165) is 16.7 Å². The van der Waals surface area contributed by atoms with Crippen molar-refractivity contribution in [1.29, 1.82) is 0 Å². The molecule has 0 aliphatic heterocycles. The van der Waals surface area contributed by atoms with Crippen LogP contribution in [0.15, 0.2) is 54.6 Å². The van der Waals surface area contributed by atoms with Crippen LogP contribution < -0.4 is 10.5 Å². The Morgan fingerprint density at radius 2 is 1.87 bits per heavy atom. The third-order valence-corrected chi connectivity index (χ3v) is 2.85. The molecule has 7 heteroatoms. The van der Waals surface area contributed by atoms with E-state index in [2.05, 4.69) is 4.84 Å². The van der Waals surface area contributed by atoms with Crippen molar-refractivity contribution in [3.63, 3.8) is 0 Å². The Balaban J connectivity index is 1.91. The molecule has 120 valence electrons. The minimum Gasteiger partial charge on any atom is -0.339 e. The van der Waals surface area contributed by atoms with Crippen LogP contribution in [0.5, 0.6) is 0 Å². The van der Waals surface area contributed by atoms with Crippen molar-refractivity contribution in [2.45, 2.75) is 6.42 Å². The molecule has 0 saturated heterocycles. The van der Waals surface area contributed by atoms with E-state index in [1.54, 1.807) is 24.3 Å². The third kappa shape index (κ3) is 4.79. The zero-order chi connectivity index (χ0) is 16.7. The molecule has 0 aromatic heterocycles. The van der Waals surface area contributed by atoms with Crippen molar-refractivity contribution in [3.8, 4) is 0 Å². The molecule has 0 saturated carbocycles. The highest BCUT2D eigenvalue weighted by Crippen LogP contribution is 2.15. The first-order valence-corrected chi connectivity index (χ1v) is 6.73. The molecule has 0 aliphatic rings. The highest BCUT2D eigenvalue weighted by molar-refractivity contribution is 5.90. The number of halogens is 1. The van der Waals surface area contributed by atoms with Crippen molar-refractivity contribution in [3.05, 3.63) is 66.0 Å². The molecule has 0 aliphatic carbocycles. The molecule has 2 rings (SSSR count). The third-order valence-electron chi connectivity index (χ3n) is 2.85. The number of rotatable bonds is 4. The van der Waals surface area contributed by atoms with Gasteiger partial charge < -0.3 is 4.84 Å². The van der Waals surface area contributed by atoms with Crippen LogP contribution in [0.25, 0.3) is 0 Å². The fourth-order valence-corrected chi connectivity index (χ4v) is 1.85. The van der Waals surface area contributed by atoms with Gasteiger partial charge in [-0.25, -0.2) is 14.0 Å². The maximum Gasteiger partial charge on any atom is 0.379 e. The monoisotopic (exact) mass is 318 g/mol. The fraction of sp³-hybridized carbons (Fsp3) is 0.125. The normalized spacial score (nSPS) is 10.0. The number of urea groups is 1. The zero-order valence-electron chi connectivity index (χ0n) is 12.4. The van der Waals surface area contributed by atoms with Crippen LogP contribution in [-0.2, 0) is 20.9 Å². The SMILES string of the molecule is CON(C(=O)NOC(=O)Cc1ccccc1)c1cccc(F)c1. The van der Waals surface area contributed by atoms with Gasteiger partial charge in [-0.3, -0.25) is 4.84 Å². The minimum absolute atomic E-state index is 0.00800. The van der Waals surface area contributed by atoms with E-state index in [9.17, 15) is 14.0 Å². The molecule has 2 aromatic rings. The zero-order valence-corrected chi connectivity index (χ0v) is 12.4. The second-order valence-corrected chi connectivity index (χ2v) is 4.50. The van der Waals surface area contributed by atoms with E-state index in [1.807, 2.05) is 11.5 Å². The van der Waals surface area contributed by atoms with Crippen LogP contribution in [0.4, 0.5) is 14.9 Å². The van der Waals surface area contributed by atoms with Crippen LogP contribution in [-0.4, -0.2) is 19.1 Å². The van der Waals surface area contributed by atoms with Crippen LogP contribution in [0, 0.1) is 5.82 Å².